The molecule has 0 amide bonds. The summed E-state index contributed by atoms with van der Waals surface area (Å²) in [7, 11) is 0. The number of halogens is 1. The average Bonchev–Trinajstić information content (AvgIpc) is 2.86. The van der Waals surface area contributed by atoms with Crippen molar-refractivity contribution in [3.8, 4) is 0 Å². The molecular weight excluding hydrogens is 224 g/mol. The number of H-pyrrole nitrogens is 1. The second-order valence-corrected chi connectivity index (χ2v) is 3.99. The number of nitrogens with zero attached hydrogens (tertiary/aromatic N) is 3. The van der Waals surface area contributed by atoms with Gasteiger partial charge in [0.2, 0.25) is 0 Å². The third kappa shape index (κ3) is 1.67. The summed E-state index contributed by atoms with van der Waals surface area (Å²) in [6.07, 6.45) is 3.65. The summed E-state index contributed by atoms with van der Waals surface area (Å²) >= 11 is 5.91. The minimum absolute atomic E-state index is 0.638. The van der Waals surface area contributed by atoms with Crippen LogP contribution in [0.25, 0.3) is 11.0 Å². The van der Waals surface area contributed by atoms with Crippen LogP contribution in [0.15, 0.2) is 36.7 Å². The van der Waals surface area contributed by atoms with Crippen molar-refractivity contribution in [1.82, 2.24) is 19.7 Å². The van der Waals surface area contributed by atoms with Gasteiger partial charge in [-0.05, 0) is 24.3 Å². The molecule has 4 nitrogen and oxygen atoms in total. The van der Waals surface area contributed by atoms with Gasteiger partial charge >= 0.3 is 0 Å². The van der Waals surface area contributed by atoms with Gasteiger partial charge in [-0.3, -0.25) is 4.68 Å². The molecule has 0 radical (unpaired) electrons. The summed E-state index contributed by atoms with van der Waals surface area (Å²) in [4.78, 5) is 7.67. The zero-order valence-electron chi connectivity index (χ0n) is 8.39. The number of aromatic nitrogens is 4. The van der Waals surface area contributed by atoms with Crippen LogP contribution in [0.3, 0.4) is 0 Å². The highest BCUT2D eigenvalue weighted by Crippen LogP contribution is 2.17. The summed E-state index contributed by atoms with van der Waals surface area (Å²) in [5, 5.41) is 4.84. The summed E-state index contributed by atoms with van der Waals surface area (Å²) in [5.74, 6) is 0.876. The number of hydrogen-bond donors (Lipinski definition) is 1. The summed E-state index contributed by atoms with van der Waals surface area (Å²) in [5.41, 5.74) is 1.88. The molecule has 0 unspecified atom stereocenters. The molecule has 3 rings (SSSR count). The van der Waals surface area contributed by atoms with Gasteiger partial charge in [0.05, 0.1) is 17.6 Å². The Hall–Kier alpha value is -1.81. The lowest BCUT2D eigenvalue weighted by atomic mass is 10.3. The predicted octanol–water partition coefficient (Wildman–Crippen LogP) is 2.46. The van der Waals surface area contributed by atoms with E-state index in [4.69, 9.17) is 11.6 Å². The Morgan fingerprint density at radius 3 is 3.12 bits per heavy atom. The number of benzene rings is 1. The van der Waals surface area contributed by atoms with E-state index in [-0.39, 0.29) is 0 Å². The van der Waals surface area contributed by atoms with E-state index in [2.05, 4.69) is 15.1 Å². The lowest BCUT2D eigenvalue weighted by molar-refractivity contribution is 0.663. The van der Waals surface area contributed by atoms with Crippen molar-refractivity contribution in [2.24, 2.45) is 0 Å². The first-order valence-corrected chi connectivity index (χ1v) is 5.31. The van der Waals surface area contributed by atoms with Crippen LogP contribution in [0, 0.1) is 0 Å². The highest BCUT2D eigenvalue weighted by Gasteiger charge is 2.03. The zero-order chi connectivity index (χ0) is 11.0. The van der Waals surface area contributed by atoms with E-state index in [1.807, 2.05) is 35.1 Å². The molecule has 0 spiro atoms. The first-order valence-electron chi connectivity index (χ1n) is 4.93. The Kier molecular flexibility index (Phi) is 2.15. The van der Waals surface area contributed by atoms with Gasteiger partial charge in [0.15, 0.2) is 0 Å². The molecule has 5 heteroatoms. The van der Waals surface area contributed by atoms with E-state index in [0.29, 0.717) is 11.6 Å². The van der Waals surface area contributed by atoms with E-state index in [9.17, 15) is 0 Å². The standard InChI is InChI=1S/C11H9ClN4/c12-8-2-3-9-10(6-8)15-11(14-9)7-16-5-1-4-13-16/h1-6H,7H2,(H,14,15). The maximum atomic E-state index is 5.91. The zero-order valence-corrected chi connectivity index (χ0v) is 9.15. The number of fused-ring (bicyclic) bond motifs is 1. The van der Waals surface area contributed by atoms with Crippen molar-refractivity contribution in [3.63, 3.8) is 0 Å². The summed E-state index contributed by atoms with van der Waals surface area (Å²) < 4.78 is 1.82. The SMILES string of the molecule is Clc1ccc2nc(Cn3cccn3)[nH]c2c1. The number of nitrogens with one attached hydrogen (secondary N) is 1. The topological polar surface area (TPSA) is 46.5 Å². The van der Waals surface area contributed by atoms with Gasteiger partial charge in [0, 0.05) is 17.4 Å². The third-order valence-electron chi connectivity index (χ3n) is 2.36. The fourth-order valence-electron chi connectivity index (χ4n) is 1.66. The fraction of sp³-hybridized carbons (Fsp3) is 0.0909. The smallest absolute Gasteiger partial charge is 0.129 e. The Labute approximate surface area is 96.9 Å². The first-order chi connectivity index (χ1) is 7.81. The van der Waals surface area contributed by atoms with Crippen LogP contribution in [0.1, 0.15) is 5.82 Å². The number of imidazole rings is 1. The van der Waals surface area contributed by atoms with E-state index >= 15 is 0 Å². The van der Waals surface area contributed by atoms with Crippen LogP contribution in [-0.4, -0.2) is 19.7 Å². The van der Waals surface area contributed by atoms with Crippen LogP contribution in [-0.2, 0) is 6.54 Å². The van der Waals surface area contributed by atoms with E-state index < -0.39 is 0 Å². The van der Waals surface area contributed by atoms with Crippen LogP contribution >= 0.6 is 11.6 Å². The highest BCUT2D eigenvalue weighted by molar-refractivity contribution is 6.31. The second-order valence-electron chi connectivity index (χ2n) is 3.55. The molecule has 2 aromatic heterocycles. The normalized spacial score (nSPS) is 11.1. The van der Waals surface area contributed by atoms with Crippen molar-refractivity contribution in [2.45, 2.75) is 6.54 Å². The molecule has 1 aromatic carbocycles. The molecule has 2 heterocycles. The van der Waals surface area contributed by atoms with E-state index in [1.165, 1.54) is 0 Å². The van der Waals surface area contributed by atoms with Gasteiger partial charge in [0.1, 0.15) is 5.82 Å². The van der Waals surface area contributed by atoms with Crippen molar-refractivity contribution in [2.75, 3.05) is 0 Å². The molecule has 16 heavy (non-hydrogen) atoms. The average molecular weight is 233 g/mol. The quantitative estimate of drug-likeness (QED) is 0.738. The predicted molar refractivity (Wildman–Crippen MR) is 62.4 cm³/mol. The molecule has 0 saturated carbocycles. The van der Waals surface area contributed by atoms with Crippen molar-refractivity contribution in [1.29, 1.82) is 0 Å². The van der Waals surface area contributed by atoms with Crippen LogP contribution < -0.4 is 0 Å². The van der Waals surface area contributed by atoms with Crippen molar-refractivity contribution < 1.29 is 0 Å². The molecule has 0 aliphatic rings. The number of rotatable bonds is 2. The molecule has 0 bridgehead atoms. The third-order valence-corrected chi connectivity index (χ3v) is 2.60. The van der Waals surface area contributed by atoms with Crippen LogP contribution in [0.2, 0.25) is 5.02 Å². The lowest BCUT2D eigenvalue weighted by Crippen LogP contribution is -2.01. The molecule has 80 valence electrons. The van der Waals surface area contributed by atoms with Crippen LogP contribution in [0.5, 0.6) is 0 Å². The first kappa shape index (κ1) is 9.42. The molecule has 0 saturated heterocycles. The van der Waals surface area contributed by atoms with Gasteiger partial charge < -0.3 is 4.98 Å². The molecule has 0 aliphatic carbocycles. The van der Waals surface area contributed by atoms with E-state index in [1.54, 1.807) is 6.20 Å². The lowest BCUT2D eigenvalue weighted by Gasteiger charge is -1.95. The largest absolute Gasteiger partial charge is 0.340 e. The van der Waals surface area contributed by atoms with Gasteiger partial charge in [-0.2, -0.15) is 5.10 Å². The minimum atomic E-state index is 0.638. The maximum absolute atomic E-state index is 5.91. The minimum Gasteiger partial charge on any atom is -0.340 e. The Balaban J connectivity index is 1.99. The van der Waals surface area contributed by atoms with Crippen molar-refractivity contribution >= 4 is 22.6 Å². The van der Waals surface area contributed by atoms with Gasteiger partial charge in [-0.1, -0.05) is 11.6 Å². The van der Waals surface area contributed by atoms with Crippen molar-refractivity contribution in [3.05, 3.63) is 47.5 Å². The molecule has 3 aromatic rings. The van der Waals surface area contributed by atoms with E-state index in [0.717, 1.165) is 16.9 Å². The fourth-order valence-corrected chi connectivity index (χ4v) is 1.83. The molecule has 0 aliphatic heterocycles. The maximum Gasteiger partial charge on any atom is 0.129 e. The molecule has 0 atom stereocenters. The summed E-state index contributed by atoms with van der Waals surface area (Å²) in [6, 6.07) is 7.50. The van der Waals surface area contributed by atoms with Crippen LogP contribution in [0.4, 0.5) is 0 Å². The Morgan fingerprint density at radius 2 is 2.31 bits per heavy atom. The monoisotopic (exact) mass is 232 g/mol. The van der Waals surface area contributed by atoms with Gasteiger partial charge in [0.25, 0.3) is 0 Å². The second kappa shape index (κ2) is 3.64. The number of hydrogen-bond acceptors (Lipinski definition) is 2. The molecule has 0 fully saturated rings. The van der Waals surface area contributed by atoms with Gasteiger partial charge in [-0.15, -0.1) is 0 Å². The van der Waals surface area contributed by atoms with Gasteiger partial charge in [-0.25, -0.2) is 4.98 Å². The number of aromatic amines is 1. The molecular formula is C11H9ClN4. The Morgan fingerprint density at radius 1 is 1.38 bits per heavy atom. The molecule has 1 N–H and O–H groups in total. The Bertz CT molecular complexity index is 612. The highest BCUT2D eigenvalue weighted by atomic mass is 35.5. The summed E-state index contributed by atoms with van der Waals surface area (Å²) in [6.45, 7) is 0.638.